The molecule has 0 amide bonds. The fourth-order valence-electron chi connectivity index (χ4n) is 2.09. The Kier molecular flexibility index (Phi) is 3.60. The van der Waals surface area contributed by atoms with Gasteiger partial charge in [-0.3, -0.25) is 4.79 Å². The molecule has 0 aliphatic rings. The van der Waals surface area contributed by atoms with E-state index in [4.69, 9.17) is 0 Å². The van der Waals surface area contributed by atoms with Crippen LogP contribution in [-0.2, 0) is 6.54 Å². The monoisotopic (exact) mass is 280 g/mol. The van der Waals surface area contributed by atoms with Gasteiger partial charge in [0, 0.05) is 11.6 Å². The molecule has 0 bridgehead atoms. The summed E-state index contributed by atoms with van der Waals surface area (Å²) in [6.07, 6.45) is 0. The van der Waals surface area contributed by atoms with Gasteiger partial charge in [-0.25, -0.2) is 9.07 Å². The molecule has 0 saturated heterocycles. The number of nitrogens with zero attached hydrogens (tertiary/aromatic N) is 2. The lowest BCUT2D eigenvalue weighted by atomic mass is 10.1. The molecule has 0 radical (unpaired) electrons. The topological polar surface area (TPSA) is 34.9 Å². The van der Waals surface area contributed by atoms with Crippen LogP contribution < -0.4 is 5.56 Å². The van der Waals surface area contributed by atoms with E-state index in [1.54, 1.807) is 18.2 Å². The largest absolute Gasteiger partial charge is 0.268 e. The SMILES string of the molecule is O=c1ccc(-c2ccc(F)cc2)nn1Cc1ccccc1. The van der Waals surface area contributed by atoms with Crippen LogP contribution in [0.15, 0.2) is 71.5 Å². The van der Waals surface area contributed by atoms with Crippen LogP contribution in [0, 0.1) is 5.82 Å². The predicted octanol–water partition coefficient (Wildman–Crippen LogP) is 3.10. The van der Waals surface area contributed by atoms with Gasteiger partial charge in [0.2, 0.25) is 0 Å². The first kappa shape index (κ1) is 13.2. The Morgan fingerprint density at radius 3 is 2.33 bits per heavy atom. The van der Waals surface area contributed by atoms with E-state index in [9.17, 15) is 9.18 Å². The number of halogens is 1. The van der Waals surface area contributed by atoms with Crippen LogP contribution in [0.2, 0.25) is 0 Å². The standard InChI is InChI=1S/C17H13FN2O/c18-15-8-6-14(7-9-15)16-10-11-17(21)20(19-16)12-13-4-2-1-3-5-13/h1-11H,12H2. The van der Waals surface area contributed by atoms with Gasteiger partial charge in [0.1, 0.15) is 5.82 Å². The highest BCUT2D eigenvalue weighted by Crippen LogP contribution is 2.15. The Morgan fingerprint density at radius 1 is 0.905 bits per heavy atom. The molecule has 0 aliphatic heterocycles. The first-order valence-electron chi connectivity index (χ1n) is 6.60. The van der Waals surface area contributed by atoms with Gasteiger partial charge >= 0.3 is 0 Å². The molecule has 3 aromatic rings. The molecule has 2 aromatic carbocycles. The van der Waals surface area contributed by atoms with Gasteiger partial charge in [-0.15, -0.1) is 0 Å². The Labute approximate surface area is 121 Å². The van der Waals surface area contributed by atoms with Crippen molar-refractivity contribution in [1.82, 2.24) is 9.78 Å². The highest BCUT2D eigenvalue weighted by atomic mass is 19.1. The number of aromatic nitrogens is 2. The van der Waals surface area contributed by atoms with Crippen molar-refractivity contribution in [3.63, 3.8) is 0 Å². The lowest BCUT2D eigenvalue weighted by molar-refractivity contribution is 0.627. The van der Waals surface area contributed by atoms with Crippen molar-refractivity contribution in [2.45, 2.75) is 6.54 Å². The second-order valence-electron chi connectivity index (χ2n) is 4.71. The van der Waals surface area contributed by atoms with E-state index >= 15 is 0 Å². The van der Waals surface area contributed by atoms with Crippen LogP contribution in [0.5, 0.6) is 0 Å². The van der Waals surface area contributed by atoms with Crippen LogP contribution >= 0.6 is 0 Å². The van der Waals surface area contributed by atoms with Crippen molar-refractivity contribution in [2.75, 3.05) is 0 Å². The van der Waals surface area contributed by atoms with Gasteiger partial charge in [-0.1, -0.05) is 30.3 Å². The zero-order valence-corrected chi connectivity index (χ0v) is 11.2. The van der Waals surface area contributed by atoms with E-state index in [1.807, 2.05) is 30.3 Å². The highest BCUT2D eigenvalue weighted by Gasteiger charge is 2.04. The zero-order valence-electron chi connectivity index (χ0n) is 11.2. The maximum absolute atomic E-state index is 13.0. The maximum atomic E-state index is 13.0. The van der Waals surface area contributed by atoms with Crippen LogP contribution in [0.4, 0.5) is 4.39 Å². The minimum absolute atomic E-state index is 0.162. The molecule has 0 fully saturated rings. The summed E-state index contributed by atoms with van der Waals surface area (Å²) < 4.78 is 14.4. The maximum Gasteiger partial charge on any atom is 0.267 e. The van der Waals surface area contributed by atoms with Crippen molar-refractivity contribution >= 4 is 0 Å². The van der Waals surface area contributed by atoms with Crippen LogP contribution in [0.1, 0.15) is 5.56 Å². The lowest BCUT2D eigenvalue weighted by Crippen LogP contribution is -2.22. The van der Waals surface area contributed by atoms with E-state index < -0.39 is 0 Å². The normalized spacial score (nSPS) is 10.5. The molecule has 0 aliphatic carbocycles. The molecule has 0 spiro atoms. The average molecular weight is 280 g/mol. The second-order valence-corrected chi connectivity index (χ2v) is 4.71. The Balaban J connectivity index is 1.96. The van der Waals surface area contributed by atoms with E-state index in [2.05, 4.69) is 5.10 Å². The number of hydrogen-bond acceptors (Lipinski definition) is 2. The van der Waals surface area contributed by atoms with Gasteiger partial charge in [0.15, 0.2) is 0 Å². The van der Waals surface area contributed by atoms with Gasteiger partial charge in [-0.05, 0) is 35.9 Å². The molecule has 1 heterocycles. The van der Waals surface area contributed by atoms with E-state index in [1.165, 1.54) is 22.9 Å². The smallest absolute Gasteiger partial charge is 0.267 e. The van der Waals surface area contributed by atoms with Crippen LogP contribution in [0.25, 0.3) is 11.3 Å². The van der Waals surface area contributed by atoms with Gasteiger partial charge in [0.25, 0.3) is 5.56 Å². The average Bonchev–Trinajstić information content (AvgIpc) is 2.51. The lowest BCUT2D eigenvalue weighted by Gasteiger charge is -2.07. The predicted molar refractivity (Wildman–Crippen MR) is 79.4 cm³/mol. The minimum atomic E-state index is -0.295. The third-order valence-electron chi connectivity index (χ3n) is 3.18. The van der Waals surface area contributed by atoms with Gasteiger partial charge < -0.3 is 0 Å². The van der Waals surface area contributed by atoms with Crippen molar-refractivity contribution in [3.05, 3.63) is 88.5 Å². The van der Waals surface area contributed by atoms with E-state index in [0.717, 1.165) is 11.1 Å². The molecule has 0 atom stereocenters. The summed E-state index contributed by atoms with van der Waals surface area (Å²) in [4.78, 5) is 11.9. The van der Waals surface area contributed by atoms with Crippen molar-refractivity contribution in [2.24, 2.45) is 0 Å². The molecular weight excluding hydrogens is 267 g/mol. The third kappa shape index (κ3) is 3.05. The number of benzene rings is 2. The number of rotatable bonds is 3. The Bertz CT molecular complexity index is 795. The van der Waals surface area contributed by atoms with Crippen LogP contribution in [0.3, 0.4) is 0 Å². The molecule has 3 nitrogen and oxygen atoms in total. The summed E-state index contributed by atoms with van der Waals surface area (Å²) in [5.74, 6) is -0.295. The fraction of sp³-hybridized carbons (Fsp3) is 0.0588. The molecule has 1 aromatic heterocycles. The third-order valence-corrected chi connectivity index (χ3v) is 3.18. The van der Waals surface area contributed by atoms with Crippen molar-refractivity contribution in [1.29, 1.82) is 0 Å². The second kappa shape index (κ2) is 5.71. The summed E-state index contributed by atoms with van der Waals surface area (Å²) in [6, 6.07) is 18.8. The number of hydrogen-bond donors (Lipinski definition) is 0. The molecule has 0 saturated carbocycles. The molecule has 104 valence electrons. The van der Waals surface area contributed by atoms with Gasteiger partial charge in [-0.2, -0.15) is 5.10 Å². The molecule has 0 N–H and O–H groups in total. The molecule has 3 rings (SSSR count). The highest BCUT2D eigenvalue weighted by molar-refractivity contribution is 5.57. The fourth-order valence-corrected chi connectivity index (χ4v) is 2.09. The summed E-state index contributed by atoms with van der Waals surface area (Å²) in [7, 11) is 0. The summed E-state index contributed by atoms with van der Waals surface area (Å²) in [5.41, 5.74) is 2.26. The zero-order chi connectivity index (χ0) is 14.7. The molecule has 0 unspecified atom stereocenters. The first-order chi connectivity index (χ1) is 10.2. The molecule has 21 heavy (non-hydrogen) atoms. The summed E-state index contributed by atoms with van der Waals surface area (Å²) in [6.45, 7) is 0.411. The Hall–Kier alpha value is -2.75. The first-order valence-corrected chi connectivity index (χ1v) is 6.60. The van der Waals surface area contributed by atoms with Gasteiger partial charge in [0.05, 0.1) is 12.2 Å². The van der Waals surface area contributed by atoms with E-state index in [0.29, 0.717) is 12.2 Å². The Morgan fingerprint density at radius 2 is 1.62 bits per heavy atom. The summed E-state index contributed by atoms with van der Waals surface area (Å²) >= 11 is 0. The van der Waals surface area contributed by atoms with E-state index in [-0.39, 0.29) is 11.4 Å². The quantitative estimate of drug-likeness (QED) is 0.739. The van der Waals surface area contributed by atoms with Crippen molar-refractivity contribution in [3.8, 4) is 11.3 Å². The molecular formula is C17H13FN2O. The summed E-state index contributed by atoms with van der Waals surface area (Å²) in [5, 5.41) is 4.35. The minimum Gasteiger partial charge on any atom is -0.268 e. The van der Waals surface area contributed by atoms with Crippen LogP contribution in [-0.4, -0.2) is 9.78 Å². The van der Waals surface area contributed by atoms with Crippen molar-refractivity contribution < 1.29 is 4.39 Å². The molecule has 4 heteroatoms.